The summed E-state index contributed by atoms with van der Waals surface area (Å²) in [5.74, 6) is 1.04. The Kier molecular flexibility index (Phi) is 7.00. The molecule has 1 aliphatic heterocycles. The van der Waals surface area contributed by atoms with Crippen LogP contribution in [0.25, 0.3) is 11.1 Å². The Morgan fingerprint density at radius 3 is 2.50 bits per heavy atom. The molecule has 1 N–H and O–H groups in total. The largest absolute Gasteiger partial charge is 0.491 e. The summed E-state index contributed by atoms with van der Waals surface area (Å²) >= 11 is 0. The molecule has 38 heavy (non-hydrogen) atoms. The number of nitrogens with zero attached hydrogens (tertiary/aromatic N) is 4. The first-order valence-corrected chi connectivity index (χ1v) is 12.3. The summed E-state index contributed by atoms with van der Waals surface area (Å²) in [5, 5.41) is 2.94. The van der Waals surface area contributed by atoms with Crippen molar-refractivity contribution in [2.24, 2.45) is 0 Å². The minimum absolute atomic E-state index is 0.0410. The Hall–Kier alpha value is -4.02. The smallest absolute Gasteiger partial charge is 0.390 e. The molecule has 1 saturated carbocycles. The van der Waals surface area contributed by atoms with Gasteiger partial charge in [-0.2, -0.15) is 13.2 Å². The highest BCUT2D eigenvalue weighted by Gasteiger charge is 2.29. The van der Waals surface area contributed by atoms with Crippen molar-refractivity contribution in [1.29, 1.82) is 0 Å². The normalized spacial score (nSPS) is 16.8. The summed E-state index contributed by atoms with van der Waals surface area (Å²) in [6, 6.07) is 8.23. The number of alkyl halides is 3. The van der Waals surface area contributed by atoms with Crippen LogP contribution in [0.5, 0.6) is 5.75 Å². The van der Waals surface area contributed by atoms with Gasteiger partial charge in [0.15, 0.2) is 0 Å². The topological polar surface area (TPSA) is 97.3 Å². The zero-order valence-corrected chi connectivity index (χ0v) is 20.7. The fourth-order valence-corrected chi connectivity index (χ4v) is 4.31. The van der Waals surface area contributed by atoms with Crippen molar-refractivity contribution in [3.63, 3.8) is 0 Å². The van der Waals surface area contributed by atoms with Gasteiger partial charge in [0.2, 0.25) is 0 Å². The summed E-state index contributed by atoms with van der Waals surface area (Å²) in [6.07, 6.45) is 2.22. The van der Waals surface area contributed by atoms with E-state index in [0.717, 1.165) is 46.0 Å². The van der Waals surface area contributed by atoms with Crippen molar-refractivity contribution < 1.29 is 27.5 Å². The van der Waals surface area contributed by atoms with Crippen LogP contribution in [-0.2, 0) is 6.42 Å². The lowest BCUT2D eigenvalue weighted by molar-refractivity contribution is -0.136. The maximum Gasteiger partial charge on any atom is 0.390 e. The van der Waals surface area contributed by atoms with Gasteiger partial charge in [-0.05, 0) is 36.6 Å². The van der Waals surface area contributed by atoms with Crippen molar-refractivity contribution in [2.45, 2.75) is 43.8 Å². The number of halogens is 3. The molecule has 0 saturated heterocycles. The second-order valence-corrected chi connectivity index (χ2v) is 9.60. The molecule has 1 atom stereocenters. The molecule has 2 aromatic heterocycles. The van der Waals surface area contributed by atoms with Crippen LogP contribution in [0.2, 0.25) is 0 Å². The molecule has 0 unspecified atom stereocenters. The average Bonchev–Trinajstić information content (AvgIpc) is 3.76. The summed E-state index contributed by atoms with van der Waals surface area (Å²) in [7, 11) is 1.28. The highest BCUT2D eigenvalue weighted by molar-refractivity contribution is 5.96. The van der Waals surface area contributed by atoms with Gasteiger partial charge in [0, 0.05) is 55.6 Å². The van der Waals surface area contributed by atoms with Crippen LogP contribution >= 0.6 is 0 Å². The van der Waals surface area contributed by atoms with Crippen LogP contribution in [0, 0.1) is 0 Å². The Balaban J connectivity index is 1.23. The van der Waals surface area contributed by atoms with E-state index < -0.39 is 31.0 Å². The molecule has 0 radical (unpaired) electrons. The number of rotatable bonds is 7. The number of pyridine rings is 1. The van der Waals surface area contributed by atoms with Gasteiger partial charge in [0.1, 0.15) is 23.9 Å². The third-order valence-electron chi connectivity index (χ3n) is 6.61. The number of carbonyl (C=O) groups is 2. The second-order valence-electron chi connectivity index (χ2n) is 9.60. The third kappa shape index (κ3) is 5.92. The van der Waals surface area contributed by atoms with Crippen LogP contribution in [0.1, 0.15) is 57.4 Å². The molecule has 2 amide bonds. The van der Waals surface area contributed by atoms with E-state index in [4.69, 9.17) is 4.74 Å². The van der Waals surface area contributed by atoms with Gasteiger partial charge >= 0.3 is 6.18 Å². The molecule has 2 aliphatic rings. The highest BCUT2D eigenvalue weighted by Crippen LogP contribution is 2.39. The number of hydrogen-bond acceptors (Lipinski definition) is 6. The Morgan fingerprint density at radius 2 is 1.84 bits per heavy atom. The van der Waals surface area contributed by atoms with E-state index >= 15 is 0 Å². The molecule has 1 fully saturated rings. The molecule has 0 spiro atoms. The van der Waals surface area contributed by atoms with Gasteiger partial charge in [-0.25, -0.2) is 9.97 Å². The lowest BCUT2D eigenvalue weighted by Crippen LogP contribution is -2.43. The van der Waals surface area contributed by atoms with Crippen LogP contribution in [0.15, 0.2) is 48.9 Å². The van der Waals surface area contributed by atoms with E-state index in [1.165, 1.54) is 25.4 Å². The standard InChI is InChI=1S/C27H26F3N5O3/c1-35(10-9-27(28,29)30)26(37)22-8-7-17(12-31-22)25(36)34-19-11-21-20(3-2-4-23(21)38-15-19)18-13-32-24(33-14-18)16-5-6-16/h2-4,7-8,12-14,16,19H,5-6,9-11,15H2,1H3,(H,34,36)/t19-/m0/s1. The van der Waals surface area contributed by atoms with Gasteiger partial charge in [-0.1, -0.05) is 12.1 Å². The number of hydrogen-bond donors (Lipinski definition) is 1. The minimum atomic E-state index is -4.36. The van der Waals surface area contributed by atoms with Crippen LogP contribution < -0.4 is 10.1 Å². The first-order chi connectivity index (χ1) is 18.2. The molecule has 1 aromatic carbocycles. The van der Waals surface area contributed by atoms with Crippen LogP contribution in [0.4, 0.5) is 13.2 Å². The number of fused-ring (bicyclic) bond motifs is 1. The predicted octanol–water partition coefficient (Wildman–Crippen LogP) is 4.17. The minimum Gasteiger partial charge on any atom is -0.491 e. The van der Waals surface area contributed by atoms with Crippen LogP contribution in [-0.4, -0.2) is 64.1 Å². The Labute approximate surface area is 217 Å². The van der Waals surface area contributed by atoms with E-state index in [1.54, 1.807) is 0 Å². The zero-order valence-electron chi connectivity index (χ0n) is 20.7. The fraction of sp³-hybridized carbons (Fsp3) is 0.370. The molecular weight excluding hydrogens is 499 g/mol. The molecule has 0 bridgehead atoms. The molecule has 3 aromatic rings. The van der Waals surface area contributed by atoms with Gasteiger partial charge in [-0.3, -0.25) is 14.6 Å². The maximum absolute atomic E-state index is 12.9. The van der Waals surface area contributed by atoms with Gasteiger partial charge in [-0.15, -0.1) is 0 Å². The molecule has 8 nitrogen and oxygen atoms in total. The number of carbonyl (C=O) groups excluding carboxylic acids is 2. The fourth-order valence-electron chi connectivity index (χ4n) is 4.31. The molecule has 198 valence electrons. The van der Waals surface area contributed by atoms with Crippen molar-refractivity contribution in [1.82, 2.24) is 25.2 Å². The van der Waals surface area contributed by atoms with E-state index in [0.29, 0.717) is 12.3 Å². The van der Waals surface area contributed by atoms with Crippen molar-refractivity contribution in [3.05, 3.63) is 71.6 Å². The quantitative estimate of drug-likeness (QED) is 0.497. The van der Waals surface area contributed by atoms with Crippen molar-refractivity contribution in [2.75, 3.05) is 20.2 Å². The lowest BCUT2D eigenvalue weighted by atomic mass is 9.94. The van der Waals surface area contributed by atoms with E-state index in [-0.39, 0.29) is 23.9 Å². The van der Waals surface area contributed by atoms with E-state index in [1.807, 2.05) is 30.6 Å². The Bertz CT molecular complexity index is 1330. The Morgan fingerprint density at radius 1 is 1.08 bits per heavy atom. The van der Waals surface area contributed by atoms with Crippen molar-refractivity contribution in [3.8, 4) is 16.9 Å². The molecule has 5 rings (SSSR count). The lowest BCUT2D eigenvalue weighted by Gasteiger charge is -2.28. The second kappa shape index (κ2) is 10.4. The van der Waals surface area contributed by atoms with E-state index in [9.17, 15) is 22.8 Å². The molecule has 11 heteroatoms. The summed E-state index contributed by atoms with van der Waals surface area (Å²) in [5.41, 5.74) is 2.96. The molecular formula is C27H26F3N5O3. The SMILES string of the molecule is CN(CCC(F)(F)F)C(=O)c1ccc(C(=O)N[C@@H]2COc3cccc(-c4cnc(C5CC5)nc4)c3C2)cn1. The first kappa shape index (κ1) is 25.6. The molecule has 3 heterocycles. The highest BCUT2D eigenvalue weighted by atomic mass is 19.4. The van der Waals surface area contributed by atoms with Crippen molar-refractivity contribution >= 4 is 11.8 Å². The summed E-state index contributed by atoms with van der Waals surface area (Å²) in [6.45, 7) is -0.193. The predicted molar refractivity (Wildman–Crippen MR) is 132 cm³/mol. The summed E-state index contributed by atoms with van der Waals surface area (Å²) < 4.78 is 43.2. The van der Waals surface area contributed by atoms with E-state index in [2.05, 4.69) is 20.3 Å². The number of aromatic nitrogens is 3. The third-order valence-corrected chi connectivity index (χ3v) is 6.61. The van der Waals surface area contributed by atoms with Gasteiger partial charge < -0.3 is 15.0 Å². The monoisotopic (exact) mass is 525 g/mol. The number of amides is 2. The van der Waals surface area contributed by atoms with Crippen LogP contribution in [0.3, 0.4) is 0 Å². The first-order valence-electron chi connectivity index (χ1n) is 12.3. The van der Waals surface area contributed by atoms with Gasteiger partial charge in [0.25, 0.3) is 11.8 Å². The number of benzene rings is 1. The average molecular weight is 526 g/mol. The summed E-state index contributed by atoms with van der Waals surface area (Å²) in [4.78, 5) is 39.2. The molecule has 1 aliphatic carbocycles. The maximum atomic E-state index is 12.9. The number of nitrogens with one attached hydrogen (secondary N) is 1. The number of ether oxygens (including phenoxy) is 1. The zero-order chi connectivity index (χ0) is 26.9. The van der Waals surface area contributed by atoms with Gasteiger partial charge in [0.05, 0.1) is 18.0 Å².